The molecule has 0 aliphatic rings. The van der Waals surface area contributed by atoms with Crippen LogP contribution in [0.15, 0.2) is 24.3 Å². The molecular weight excluding hydrogens is 186 g/mol. The third-order valence-electron chi connectivity index (χ3n) is 2.69. The average molecular weight is 207 g/mol. The van der Waals surface area contributed by atoms with Gasteiger partial charge in [0.1, 0.15) is 0 Å². The van der Waals surface area contributed by atoms with Crippen molar-refractivity contribution in [3.8, 4) is 0 Å². The number of rotatable bonds is 5. The van der Waals surface area contributed by atoms with Gasteiger partial charge < -0.3 is 16.0 Å². The van der Waals surface area contributed by atoms with Gasteiger partial charge in [-0.15, -0.1) is 0 Å². The first kappa shape index (κ1) is 12.0. The molecule has 0 aromatic heterocycles. The van der Waals surface area contributed by atoms with E-state index in [1.54, 1.807) is 0 Å². The van der Waals surface area contributed by atoms with Crippen molar-refractivity contribution in [2.75, 3.05) is 26.4 Å². The molecule has 0 aliphatic heterocycles. The van der Waals surface area contributed by atoms with Crippen molar-refractivity contribution in [3.63, 3.8) is 0 Å². The highest BCUT2D eigenvalue weighted by molar-refractivity contribution is 5.46. The predicted octanol–water partition coefficient (Wildman–Crippen LogP) is 1.31. The van der Waals surface area contributed by atoms with Crippen molar-refractivity contribution in [2.24, 2.45) is 0 Å². The van der Waals surface area contributed by atoms with Gasteiger partial charge in [0.2, 0.25) is 0 Å². The van der Waals surface area contributed by atoms with Gasteiger partial charge in [0.05, 0.1) is 0 Å². The third kappa shape index (κ3) is 3.90. The van der Waals surface area contributed by atoms with Crippen LogP contribution in [0, 0.1) is 0 Å². The summed E-state index contributed by atoms with van der Waals surface area (Å²) in [6.45, 7) is 4.01. The first-order chi connectivity index (χ1) is 7.11. The van der Waals surface area contributed by atoms with Crippen LogP contribution >= 0.6 is 0 Å². The Bertz CT molecular complexity index is 297. The molecule has 3 heteroatoms. The zero-order chi connectivity index (χ0) is 11.3. The molecule has 1 unspecified atom stereocenters. The Hall–Kier alpha value is -1.06. The van der Waals surface area contributed by atoms with Crippen LogP contribution < -0.4 is 11.1 Å². The summed E-state index contributed by atoms with van der Waals surface area (Å²) in [6.07, 6.45) is 0. The van der Waals surface area contributed by atoms with Crippen LogP contribution in [0.25, 0.3) is 0 Å². The molecular formula is C12H21N3. The Morgan fingerprint density at radius 2 is 2.00 bits per heavy atom. The molecule has 1 aromatic rings. The highest BCUT2D eigenvalue weighted by atomic mass is 15.1. The van der Waals surface area contributed by atoms with E-state index in [0.29, 0.717) is 6.04 Å². The second-order valence-electron chi connectivity index (χ2n) is 4.14. The number of benzene rings is 1. The molecule has 0 saturated heterocycles. The molecule has 0 heterocycles. The molecule has 1 aromatic carbocycles. The predicted molar refractivity (Wildman–Crippen MR) is 65.7 cm³/mol. The lowest BCUT2D eigenvalue weighted by molar-refractivity contribution is 0.302. The van der Waals surface area contributed by atoms with Crippen LogP contribution in [0.1, 0.15) is 12.5 Å². The van der Waals surface area contributed by atoms with Gasteiger partial charge in [-0.3, -0.25) is 0 Å². The minimum absolute atomic E-state index is 0.537. The summed E-state index contributed by atoms with van der Waals surface area (Å²) < 4.78 is 0. The number of nitrogens with two attached hydrogens (primary N) is 1. The lowest BCUT2D eigenvalue weighted by Crippen LogP contribution is -2.35. The minimum atomic E-state index is 0.537. The van der Waals surface area contributed by atoms with Crippen molar-refractivity contribution in [2.45, 2.75) is 19.5 Å². The van der Waals surface area contributed by atoms with E-state index >= 15 is 0 Å². The quantitative estimate of drug-likeness (QED) is 0.715. The number of nitrogen functional groups attached to an aromatic ring is 1. The van der Waals surface area contributed by atoms with E-state index in [-0.39, 0.29) is 0 Å². The maximum atomic E-state index is 5.85. The topological polar surface area (TPSA) is 41.3 Å². The normalized spacial score (nSPS) is 13.1. The van der Waals surface area contributed by atoms with E-state index in [0.717, 1.165) is 18.8 Å². The second kappa shape index (κ2) is 5.73. The monoisotopic (exact) mass is 207 g/mol. The van der Waals surface area contributed by atoms with E-state index in [4.69, 9.17) is 5.73 Å². The summed E-state index contributed by atoms with van der Waals surface area (Å²) >= 11 is 0. The average Bonchev–Trinajstić information content (AvgIpc) is 2.20. The Morgan fingerprint density at radius 3 is 2.60 bits per heavy atom. The molecule has 0 amide bonds. The van der Waals surface area contributed by atoms with Crippen molar-refractivity contribution >= 4 is 5.69 Å². The summed E-state index contributed by atoms with van der Waals surface area (Å²) in [6, 6.07) is 8.51. The molecule has 0 saturated carbocycles. The van der Waals surface area contributed by atoms with Gasteiger partial charge in [-0.25, -0.2) is 0 Å². The molecule has 1 atom stereocenters. The Kier molecular flexibility index (Phi) is 4.59. The maximum absolute atomic E-state index is 5.85. The lowest BCUT2D eigenvalue weighted by Gasteiger charge is -2.20. The zero-order valence-electron chi connectivity index (χ0n) is 9.83. The van der Waals surface area contributed by atoms with Gasteiger partial charge in [-0.1, -0.05) is 18.2 Å². The van der Waals surface area contributed by atoms with Gasteiger partial charge in [0.15, 0.2) is 0 Å². The Labute approximate surface area is 92.3 Å². The highest BCUT2D eigenvalue weighted by Crippen LogP contribution is 2.09. The number of likely N-dealkylation sites (N-methyl/N-ethyl adjacent to an activating group) is 1. The molecule has 15 heavy (non-hydrogen) atoms. The Balaban J connectivity index is 2.35. The van der Waals surface area contributed by atoms with Crippen LogP contribution in [0.3, 0.4) is 0 Å². The number of nitrogens with zero attached hydrogens (tertiary/aromatic N) is 1. The van der Waals surface area contributed by atoms with E-state index < -0.39 is 0 Å². The van der Waals surface area contributed by atoms with Gasteiger partial charge >= 0.3 is 0 Å². The number of nitrogens with one attached hydrogen (secondary N) is 1. The minimum Gasteiger partial charge on any atom is -0.398 e. The van der Waals surface area contributed by atoms with E-state index in [1.165, 1.54) is 5.56 Å². The molecule has 84 valence electrons. The molecule has 0 fully saturated rings. The van der Waals surface area contributed by atoms with Gasteiger partial charge in [-0.2, -0.15) is 0 Å². The van der Waals surface area contributed by atoms with Crippen LogP contribution in [-0.2, 0) is 6.54 Å². The van der Waals surface area contributed by atoms with Gasteiger partial charge in [0, 0.05) is 24.8 Å². The Morgan fingerprint density at radius 1 is 1.33 bits per heavy atom. The first-order valence-corrected chi connectivity index (χ1v) is 5.31. The van der Waals surface area contributed by atoms with Crippen molar-refractivity contribution < 1.29 is 0 Å². The van der Waals surface area contributed by atoms with Crippen LogP contribution in [-0.4, -0.2) is 31.6 Å². The zero-order valence-corrected chi connectivity index (χ0v) is 9.83. The molecule has 3 nitrogen and oxygen atoms in total. The smallest absolute Gasteiger partial charge is 0.0359 e. The van der Waals surface area contributed by atoms with Crippen molar-refractivity contribution in [1.82, 2.24) is 10.2 Å². The summed E-state index contributed by atoms with van der Waals surface area (Å²) in [7, 11) is 4.17. The molecule has 0 aliphatic carbocycles. The fourth-order valence-corrected chi connectivity index (χ4v) is 1.29. The maximum Gasteiger partial charge on any atom is 0.0359 e. The summed E-state index contributed by atoms with van der Waals surface area (Å²) in [4.78, 5) is 2.20. The number of hydrogen-bond acceptors (Lipinski definition) is 3. The SMILES string of the molecule is CC(CNCc1ccccc1N)N(C)C. The standard InChI is InChI=1S/C12H21N3/c1-10(15(2)3)8-14-9-11-6-4-5-7-12(11)13/h4-7,10,14H,8-9,13H2,1-3H3. The molecule has 0 bridgehead atoms. The number of anilines is 1. The molecule has 0 spiro atoms. The summed E-state index contributed by atoms with van der Waals surface area (Å²) in [5, 5.41) is 3.40. The summed E-state index contributed by atoms with van der Waals surface area (Å²) in [5.41, 5.74) is 7.88. The van der Waals surface area contributed by atoms with E-state index in [9.17, 15) is 0 Å². The van der Waals surface area contributed by atoms with Crippen molar-refractivity contribution in [1.29, 1.82) is 0 Å². The van der Waals surface area contributed by atoms with Gasteiger partial charge in [0.25, 0.3) is 0 Å². The lowest BCUT2D eigenvalue weighted by atomic mass is 10.2. The highest BCUT2D eigenvalue weighted by Gasteiger charge is 2.03. The number of para-hydroxylation sites is 1. The largest absolute Gasteiger partial charge is 0.398 e. The third-order valence-corrected chi connectivity index (χ3v) is 2.69. The van der Waals surface area contributed by atoms with Crippen LogP contribution in [0.4, 0.5) is 5.69 Å². The van der Waals surface area contributed by atoms with E-state index in [1.807, 2.05) is 18.2 Å². The number of hydrogen-bond donors (Lipinski definition) is 2. The first-order valence-electron chi connectivity index (χ1n) is 5.31. The van der Waals surface area contributed by atoms with E-state index in [2.05, 4.69) is 37.3 Å². The second-order valence-corrected chi connectivity index (χ2v) is 4.14. The van der Waals surface area contributed by atoms with Crippen LogP contribution in [0.5, 0.6) is 0 Å². The summed E-state index contributed by atoms with van der Waals surface area (Å²) in [5.74, 6) is 0. The fraction of sp³-hybridized carbons (Fsp3) is 0.500. The fourth-order valence-electron chi connectivity index (χ4n) is 1.29. The van der Waals surface area contributed by atoms with Crippen LogP contribution in [0.2, 0.25) is 0 Å². The molecule has 1 rings (SSSR count). The van der Waals surface area contributed by atoms with Crippen molar-refractivity contribution in [3.05, 3.63) is 29.8 Å². The van der Waals surface area contributed by atoms with Gasteiger partial charge in [-0.05, 0) is 32.6 Å². The molecule has 3 N–H and O–H groups in total. The molecule has 0 radical (unpaired) electrons.